The van der Waals surface area contributed by atoms with Crippen LogP contribution in [0.2, 0.25) is 0 Å². The van der Waals surface area contributed by atoms with Crippen molar-refractivity contribution < 1.29 is 9.13 Å². The molecule has 0 aliphatic rings. The molecule has 6 nitrogen and oxygen atoms in total. The summed E-state index contributed by atoms with van der Waals surface area (Å²) in [6.07, 6.45) is 10.8. The highest BCUT2D eigenvalue weighted by Crippen LogP contribution is 2.25. The lowest BCUT2D eigenvalue weighted by atomic mass is 10.0. The van der Waals surface area contributed by atoms with E-state index in [2.05, 4.69) is 118 Å². The van der Waals surface area contributed by atoms with Gasteiger partial charge in [0.2, 0.25) is 16.6 Å². The number of pyridine rings is 2. The summed E-state index contributed by atoms with van der Waals surface area (Å²) in [6.45, 7) is 1.97. The van der Waals surface area contributed by atoms with Crippen molar-refractivity contribution in [2.45, 2.75) is 38.8 Å². The number of hydrogen-bond acceptors (Lipinski definition) is 4. The summed E-state index contributed by atoms with van der Waals surface area (Å²) >= 11 is 0. The lowest BCUT2D eigenvalue weighted by Gasteiger charge is -2.13. The van der Waals surface area contributed by atoms with Crippen molar-refractivity contribution in [1.82, 2.24) is 0 Å². The van der Waals surface area contributed by atoms with Crippen molar-refractivity contribution in [3.8, 4) is 0 Å². The quantitative estimate of drug-likeness (QED) is 0.0409. The van der Waals surface area contributed by atoms with E-state index in [1.807, 2.05) is 72.9 Å². The summed E-state index contributed by atoms with van der Waals surface area (Å²) in [5.74, 6) is 0. The second kappa shape index (κ2) is 15.6. The van der Waals surface area contributed by atoms with Gasteiger partial charge < -0.3 is 0 Å². The molecule has 0 fully saturated rings. The standard InChI is InChI=1S/C44H44N6/c1-47(36-19-7-5-8-20-36)45-33-35-29-32-49(42-26-14-11-23-38(35)42)30-17-3-4-18-31-50-43-27-15-12-24-39(43)41(40-25-13-16-28-44(40)50)34-46-48(2)37-21-9-6-10-22-37/h5-16,19-29,32-34H,3-4,17-18,30-31H2,1-2H3/q+2. The van der Waals surface area contributed by atoms with E-state index in [1.54, 1.807) is 0 Å². The molecular formula is C44H44N6+2. The van der Waals surface area contributed by atoms with Gasteiger partial charge in [0.1, 0.15) is 13.1 Å². The number of hydrazone groups is 2. The minimum absolute atomic E-state index is 0.976. The highest BCUT2D eigenvalue weighted by molar-refractivity contribution is 6.09. The van der Waals surface area contributed by atoms with Crippen LogP contribution in [0.1, 0.15) is 36.8 Å². The molecule has 50 heavy (non-hydrogen) atoms. The monoisotopic (exact) mass is 656 g/mol. The fourth-order valence-corrected chi connectivity index (χ4v) is 6.76. The number of nitrogens with zero attached hydrogens (tertiary/aromatic N) is 6. The van der Waals surface area contributed by atoms with Gasteiger partial charge in [0, 0.05) is 62.3 Å². The van der Waals surface area contributed by atoms with Crippen LogP contribution in [-0.4, -0.2) is 26.5 Å². The Labute approximate surface area is 294 Å². The van der Waals surface area contributed by atoms with Crippen molar-refractivity contribution in [3.63, 3.8) is 0 Å². The summed E-state index contributed by atoms with van der Waals surface area (Å²) in [5.41, 5.74) is 8.13. The van der Waals surface area contributed by atoms with Crippen LogP contribution in [0.3, 0.4) is 0 Å². The second-order valence-corrected chi connectivity index (χ2v) is 12.7. The van der Waals surface area contributed by atoms with E-state index < -0.39 is 0 Å². The van der Waals surface area contributed by atoms with E-state index in [-0.39, 0.29) is 0 Å². The number of aryl methyl sites for hydroxylation is 2. The first kappa shape index (κ1) is 32.7. The maximum Gasteiger partial charge on any atom is 0.213 e. The van der Waals surface area contributed by atoms with E-state index in [0.29, 0.717) is 0 Å². The molecule has 7 rings (SSSR count). The molecule has 0 saturated heterocycles. The molecule has 2 aromatic heterocycles. The highest BCUT2D eigenvalue weighted by atomic mass is 15.4. The molecule has 0 amide bonds. The fraction of sp³-hybridized carbons (Fsp3) is 0.182. The van der Waals surface area contributed by atoms with Gasteiger partial charge in [-0.2, -0.15) is 19.3 Å². The zero-order valence-electron chi connectivity index (χ0n) is 28.9. The molecule has 248 valence electrons. The summed E-state index contributed by atoms with van der Waals surface area (Å²) in [6, 6.07) is 48.8. The average Bonchev–Trinajstić information content (AvgIpc) is 3.18. The molecule has 0 N–H and O–H groups in total. The van der Waals surface area contributed by atoms with Crippen molar-refractivity contribution >= 4 is 56.5 Å². The Morgan fingerprint density at radius 2 is 0.960 bits per heavy atom. The van der Waals surface area contributed by atoms with E-state index in [0.717, 1.165) is 48.4 Å². The number of benzene rings is 5. The van der Waals surface area contributed by atoms with Crippen molar-refractivity contribution in [1.29, 1.82) is 0 Å². The summed E-state index contributed by atoms with van der Waals surface area (Å²) < 4.78 is 4.89. The molecule has 0 saturated carbocycles. The van der Waals surface area contributed by atoms with Crippen molar-refractivity contribution in [2.75, 3.05) is 24.1 Å². The van der Waals surface area contributed by atoms with Gasteiger partial charge in [-0.3, -0.25) is 10.0 Å². The molecule has 0 bridgehead atoms. The van der Waals surface area contributed by atoms with Gasteiger partial charge in [0.15, 0.2) is 6.20 Å². The first-order valence-electron chi connectivity index (χ1n) is 17.6. The minimum atomic E-state index is 0.976. The zero-order valence-corrected chi connectivity index (χ0v) is 28.9. The SMILES string of the molecule is CN(N=Cc1cc[n+](CCCCCC[n+]2c3ccccc3c(C=NN(C)c3ccccc3)c3ccccc32)c2ccccc12)c1ccccc1. The summed E-state index contributed by atoms with van der Waals surface area (Å²) in [7, 11) is 3.98. The minimum Gasteiger partial charge on any atom is -0.269 e. The number of hydrogen-bond donors (Lipinski definition) is 0. The zero-order chi connectivity index (χ0) is 34.1. The second-order valence-electron chi connectivity index (χ2n) is 12.7. The normalized spacial score (nSPS) is 11.7. The highest BCUT2D eigenvalue weighted by Gasteiger charge is 2.19. The molecule has 7 aromatic rings. The Morgan fingerprint density at radius 3 is 1.56 bits per heavy atom. The number of fused-ring (bicyclic) bond motifs is 3. The van der Waals surface area contributed by atoms with E-state index in [9.17, 15) is 0 Å². The Balaban J connectivity index is 1.02. The summed E-state index contributed by atoms with van der Waals surface area (Å²) in [5, 5.41) is 17.1. The van der Waals surface area contributed by atoms with E-state index >= 15 is 0 Å². The molecule has 0 aliphatic carbocycles. The van der Waals surface area contributed by atoms with Gasteiger partial charge in [-0.1, -0.05) is 72.8 Å². The molecule has 0 spiro atoms. The Kier molecular flexibility index (Phi) is 10.2. The molecule has 2 heterocycles. The first-order chi connectivity index (χ1) is 24.7. The van der Waals surface area contributed by atoms with Crippen LogP contribution < -0.4 is 19.2 Å². The van der Waals surface area contributed by atoms with Gasteiger partial charge in [-0.15, -0.1) is 0 Å². The predicted molar refractivity (Wildman–Crippen MR) is 209 cm³/mol. The number of rotatable bonds is 13. The third-order valence-electron chi connectivity index (χ3n) is 9.45. The molecular weight excluding hydrogens is 613 g/mol. The Hall–Kier alpha value is -5.88. The fourth-order valence-electron chi connectivity index (χ4n) is 6.76. The molecule has 6 heteroatoms. The maximum absolute atomic E-state index is 4.86. The van der Waals surface area contributed by atoms with Gasteiger partial charge in [0.05, 0.1) is 40.0 Å². The average molecular weight is 657 g/mol. The first-order valence-corrected chi connectivity index (χ1v) is 17.6. The smallest absolute Gasteiger partial charge is 0.213 e. The molecule has 0 unspecified atom stereocenters. The van der Waals surface area contributed by atoms with Crippen LogP contribution in [0.15, 0.2) is 156 Å². The number of aromatic nitrogens is 2. The van der Waals surface area contributed by atoms with Crippen LogP contribution in [0.5, 0.6) is 0 Å². The Bertz CT molecular complexity index is 2210. The van der Waals surface area contributed by atoms with Crippen LogP contribution in [0.25, 0.3) is 32.7 Å². The van der Waals surface area contributed by atoms with Crippen LogP contribution >= 0.6 is 0 Å². The summed E-state index contributed by atoms with van der Waals surface area (Å²) in [4.78, 5) is 0. The van der Waals surface area contributed by atoms with Crippen molar-refractivity contribution in [2.24, 2.45) is 10.2 Å². The van der Waals surface area contributed by atoms with Gasteiger partial charge in [-0.05, 0) is 55.3 Å². The van der Waals surface area contributed by atoms with Gasteiger partial charge >= 0.3 is 0 Å². The maximum atomic E-state index is 4.86. The molecule has 0 radical (unpaired) electrons. The lowest BCUT2D eigenvalue weighted by molar-refractivity contribution is -0.672. The van der Waals surface area contributed by atoms with E-state index in [1.165, 1.54) is 45.6 Å². The topological polar surface area (TPSA) is 39.0 Å². The molecule has 0 atom stereocenters. The third-order valence-corrected chi connectivity index (χ3v) is 9.45. The molecule has 0 aliphatic heterocycles. The van der Waals surface area contributed by atoms with Gasteiger partial charge in [0.25, 0.3) is 0 Å². The van der Waals surface area contributed by atoms with Crippen molar-refractivity contribution in [3.05, 3.63) is 157 Å². The van der Waals surface area contributed by atoms with Crippen LogP contribution in [0.4, 0.5) is 11.4 Å². The van der Waals surface area contributed by atoms with Crippen LogP contribution in [-0.2, 0) is 13.1 Å². The third kappa shape index (κ3) is 7.25. The lowest BCUT2D eigenvalue weighted by Crippen LogP contribution is -2.36. The van der Waals surface area contributed by atoms with Crippen LogP contribution in [0, 0.1) is 0 Å². The number of unbranched alkanes of at least 4 members (excludes halogenated alkanes) is 3. The number of para-hydroxylation sites is 5. The van der Waals surface area contributed by atoms with E-state index in [4.69, 9.17) is 10.2 Å². The number of anilines is 2. The predicted octanol–water partition coefficient (Wildman–Crippen LogP) is 8.92. The Morgan fingerprint density at radius 1 is 0.480 bits per heavy atom. The molecule has 5 aromatic carbocycles. The van der Waals surface area contributed by atoms with Gasteiger partial charge in [-0.25, -0.2) is 0 Å². The largest absolute Gasteiger partial charge is 0.269 e.